The summed E-state index contributed by atoms with van der Waals surface area (Å²) in [6, 6.07) is 3.75. The van der Waals surface area contributed by atoms with E-state index in [9.17, 15) is 14.7 Å². The van der Waals surface area contributed by atoms with Crippen molar-refractivity contribution in [3.8, 4) is 5.75 Å². The van der Waals surface area contributed by atoms with Crippen LogP contribution in [0.25, 0.3) is 6.08 Å². The second-order valence-electron chi connectivity index (χ2n) is 7.82. The lowest BCUT2D eigenvalue weighted by atomic mass is 9.78. The van der Waals surface area contributed by atoms with Gasteiger partial charge in [0.1, 0.15) is 5.75 Å². The molecule has 4 nitrogen and oxygen atoms in total. The smallest absolute Gasteiger partial charge is 0.291 e. The van der Waals surface area contributed by atoms with Crippen molar-refractivity contribution in [1.29, 1.82) is 0 Å². The second kappa shape index (κ2) is 5.71. The van der Waals surface area contributed by atoms with Gasteiger partial charge in [0.25, 0.3) is 5.24 Å². The summed E-state index contributed by atoms with van der Waals surface area (Å²) in [5.41, 5.74) is 2.24. The number of benzene rings is 1. The molecule has 1 aliphatic rings. The first kappa shape index (κ1) is 17.6. The van der Waals surface area contributed by atoms with Crippen molar-refractivity contribution >= 4 is 28.2 Å². The van der Waals surface area contributed by atoms with Crippen molar-refractivity contribution in [3.05, 3.63) is 34.5 Å². The number of nitrogens with one attached hydrogen (secondary N) is 1. The van der Waals surface area contributed by atoms with Gasteiger partial charge in [-0.3, -0.25) is 9.59 Å². The number of carbonyl (C=O) groups is 2. The lowest BCUT2D eigenvalue weighted by molar-refractivity contribution is -0.107. The molecule has 0 aliphatic carbocycles. The number of carbonyl (C=O) groups excluding carboxylic acids is 2. The number of rotatable bonds is 1. The molecular weight excluding hydrogens is 310 g/mol. The molecule has 0 bridgehead atoms. The van der Waals surface area contributed by atoms with Crippen LogP contribution in [0.2, 0.25) is 0 Å². The molecule has 2 rings (SSSR count). The Hall–Kier alpha value is -1.75. The van der Waals surface area contributed by atoms with Crippen molar-refractivity contribution in [1.82, 2.24) is 5.32 Å². The molecule has 5 heteroatoms. The molecule has 0 aromatic heterocycles. The minimum Gasteiger partial charge on any atom is -0.507 e. The molecule has 124 valence electrons. The van der Waals surface area contributed by atoms with Gasteiger partial charge in [-0.2, -0.15) is 0 Å². The zero-order valence-electron chi connectivity index (χ0n) is 14.4. The van der Waals surface area contributed by atoms with Crippen LogP contribution in [0.3, 0.4) is 0 Å². The van der Waals surface area contributed by atoms with Gasteiger partial charge in [-0.1, -0.05) is 41.5 Å². The monoisotopic (exact) mass is 333 g/mol. The standard InChI is InChI=1S/C18H23NO3S/c1-17(2,3)11-7-10(8-12(14(11)20)18(4,5)6)9-13-15(21)23-16(22)19-13/h7-9,20H,1-6H3,(H,19,22). The van der Waals surface area contributed by atoms with E-state index < -0.39 is 0 Å². The number of phenols is 1. The van der Waals surface area contributed by atoms with Crippen LogP contribution in [0, 0.1) is 0 Å². The fraction of sp³-hybridized carbons (Fsp3) is 0.444. The summed E-state index contributed by atoms with van der Waals surface area (Å²) < 4.78 is 0. The minimum atomic E-state index is -0.355. The van der Waals surface area contributed by atoms with Crippen molar-refractivity contribution in [3.63, 3.8) is 0 Å². The van der Waals surface area contributed by atoms with Crippen LogP contribution in [0.15, 0.2) is 17.8 Å². The fourth-order valence-corrected chi connectivity index (χ4v) is 3.02. The van der Waals surface area contributed by atoms with Crippen LogP contribution in [0.1, 0.15) is 58.2 Å². The molecule has 1 saturated heterocycles. The summed E-state index contributed by atoms with van der Waals surface area (Å²) in [5.74, 6) is 0.295. The van der Waals surface area contributed by atoms with E-state index >= 15 is 0 Å². The van der Waals surface area contributed by atoms with E-state index in [4.69, 9.17) is 0 Å². The fourth-order valence-electron chi connectivity index (χ4n) is 2.47. The molecule has 0 unspecified atom stereocenters. The Morgan fingerprint density at radius 3 is 1.83 bits per heavy atom. The number of amides is 1. The molecule has 2 N–H and O–H groups in total. The zero-order valence-corrected chi connectivity index (χ0v) is 15.2. The second-order valence-corrected chi connectivity index (χ2v) is 8.77. The predicted molar refractivity (Wildman–Crippen MR) is 94.6 cm³/mol. The molecule has 1 heterocycles. The highest BCUT2D eigenvalue weighted by molar-refractivity contribution is 8.27. The Kier molecular flexibility index (Phi) is 4.37. The summed E-state index contributed by atoms with van der Waals surface area (Å²) in [7, 11) is 0. The Morgan fingerprint density at radius 2 is 1.48 bits per heavy atom. The lowest BCUT2D eigenvalue weighted by Gasteiger charge is -2.28. The highest BCUT2D eigenvalue weighted by atomic mass is 32.2. The quantitative estimate of drug-likeness (QED) is 0.752. The van der Waals surface area contributed by atoms with E-state index in [1.165, 1.54) is 0 Å². The van der Waals surface area contributed by atoms with Crippen molar-refractivity contribution in [2.75, 3.05) is 0 Å². The molecule has 1 aromatic carbocycles. The van der Waals surface area contributed by atoms with Crippen molar-refractivity contribution < 1.29 is 14.7 Å². The molecule has 1 aromatic rings. The first-order valence-electron chi connectivity index (χ1n) is 7.52. The van der Waals surface area contributed by atoms with E-state index in [1.807, 2.05) is 53.7 Å². The number of hydrogen-bond donors (Lipinski definition) is 2. The maximum atomic E-state index is 11.8. The van der Waals surface area contributed by atoms with Crippen LogP contribution in [0.4, 0.5) is 4.79 Å². The van der Waals surface area contributed by atoms with Crippen LogP contribution >= 0.6 is 11.8 Å². The maximum absolute atomic E-state index is 11.8. The molecule has 1 aliphatic heterocycles. The zero-order chi connectivity index (χ0) is 17.6. The van der Waals surface area contributed by atoms with Gasteiger partial charge in [-0.15, -0.1) is 0 Å². The molecule has 1 fully saturated rings. The molecular formula is C18H23NO3S. The first-order valence-corrected chi connectivity index (χ1v) is 8.34. The van der Waals surface area contributed by atoms with Crippen molar-refractivity contribution in [2.45, 2.75) is 52.4 Å². The van der Waals surface area contributed by atoms with Gasteiger partial charge in [0.15, 0.2) is 0 Å². The number of aromatic hydroxyl groups is 1. The van der Waals surface area contributed by atoms with E-state index in [0.717, 1.165) is 16.7 Å². The summed E-state index contributed by atoms with van der Waals surface area (Å²) in [4.78, 5) is 23.1. The molecule has 0 radical (unpaired) electrons. The molecule has 0 spiro atoms. The van der Waals surface area contributed by atoms with E-state index in [0.29, 0.717) is 17.5 Å². The number of hydrogen-bond acceptors (Lipinski definition) is 4. The first-order chi connectivity index (χ1) is 10.4. The summed E-state index contributed by atoms with van der Waals surface area (Å²) >= 11 is 0.664. The molecule has 1 amide bonds. The van der Waals surface area contributed by atoms with Crippen LogP contribution in [-0.2, 0) is 15.6 Å². The summed E-state index contributed by atoms with van der Waals surface area (Å²) in [6.45, 7) is 12.2. The third kappa shape index (κ3) is 3.78. The third-order valence-corrected chi connectivity index (χ3v) is 4.39. The van der Waals surface area contributed by atoms with E-state index in [2.05, 4.69) is 5.32 Å². The van der Waals surface area contributed by atoms with Gasteiger partial charge < -0.3 is 10.4 Å². The van der Waals surface area contributed by atoms with Crippen LogP contribution < -0.4 is 5.32 Å². The van der Waals surface area contributed by atoms with Gasteiger partial charge >= 0.3 is 0 Å². The van der Waals surface area contributed by atoms with Crippen molar-refractivity contribution in [2.24, 2.45) is 0 Å². The SMILES string of the molecule is CC(C)(C)c1cc(C=C2NC(=O)SC2=O)cc(C(C)(C)C)c1O. The number of thioether (sulfide) groups is 1. The minimum absolute atomic E-state index is 0.240. The Morgan fingerprint density at radius 1 is 1.00 bits per heavy atom. The van der Waals surface area contributed by atoms with E-state index in [1.54, 1.807) is 6.08 Å². The summed E-state index contributed by atoms with van der Waals surface area (Å²) in [6.07, 6.45) is 1.67. The van der Waals surface area contributed by atoms with Gasteiger partial charge in [0, 0.05) is 22.9 Å². The lowest BCUT2D eigenvalue weighted by Crippen LogP contribution is -2.17. The number of phenolic OH excluding ortho intramolecular Hbond substituents is 1. The third-order valence-electron chi connectivity index (χ3n) is 3.70. The van der Waals surface area contributed by atoms with E-state index in [-0.39, 0.29) is 26.9 Å². The Labute approximate surface area is 141 Å². The van der Waals surface area contributed by atoms with Gasteiger partial charge in [-0.05, 0) is 34.6 Å². The topological polar surface area (TPSA) is 66.4 Å². The Balaban J connectivity index is 2.64. The van der Waals surface area contributed by atoms with Crippen LogP contribution in [0.5, 0.6) is 5.75 Å². The predicted octanol–water partition coefficient (Wildman–Crippen LogP) is 4.31. The molecule has 0 atom stereocenters. The summed E-state index contributed by atoms with van der Waals surface area (Å²) in [5, 5.41) is 12.6. The highest BCUT2D eigenvalue weighted by Crippen LogP contribution is 2.40. The average Bonchev–Trinajstić information content (AvgIpc) is 2.67. The normalized spacial score (nSPS) is 17.7. The van der Waals surface area contributed by atoms with Gasteiger partial charge in [-0.25, -0.2) is 0 Å². The highest BCUT2D eigenvalue weighted by Gasteiger charge is 2.28. The molecule has 23 heavy (non-hydrogen) atoms. The average molecular weight is 333 g/mol. The van der Waals surface area contributed by atoms with Gasteiger partial charge in [0.05, 0.1) is 5.70 Å². The molecule has 0 saturated carbocycles. The Bertz CT molecular complexity index is 671. The van der Waals surface area contributed by atoms with Gasteiger partial charge in [0.2, 0.25) is 5.12 Å². The van der Waals surface area contributed by atoms with Crippen LogP contribution in [-0.4, -0.2) is 15.5 Å². The maximum Gasteiger partial charge on any atom is 0.291 e. The largest absolute Gasteiger partial charge is 0.507 e.